The fraction of sp³-hybridized carbons (Fsp3) is 0.714. The van der Waals surface area contributed by atoms with E-state index in [-0.39, 0.29) is 22.7 Å². The zero-order valence-electron chi connectivity index (χ0n) is 15.4. The molecule has 0 heterocycles. The number of halogens is 1. The highest BCUT2D eigenvalue weighted by molar-refractivity contribution is 6.09. The van der Waals surface area contributed by atoms with E-state index >= 15 is 4.39 Å². The molecule has 0 saturated heterocycles. The molecular weight excluding hydrogens is 319 g/mol. The van der Waals surface area contributed by atoms with Crippen LogP contribution in [0.4, 0.5) is 4.39 Å². The Hall–Kier alpha value is -1.45. The van der Waals surface area contributed by atoms with Gasteiger partial charge in [0.15, 0.2) is 5.76 Å². The summed E-state index contributed by atoms with van der Waals surface area (Å²) in [5.41, 5.74) is -0.0869. The van der Waals surface area contributed by atoms with Crippen molar-refractivity contribution in [3.63, 3.8) is 0 Å². The zero-order chi connectivity index (χ0) is 18.1. The summed E-state index contributed by atoms with van der Waals surface area (Å²) in [5, 5.41) is 0. The predicted octanol–water partition coefficient (Wildman–Crippen LogP) is 4.18. The van der Waals surface area contributed by atoms with Gasteiger partial charge in [-0.3, -0.25) is 9.59 Å². The highest BCUT2D eigenvalue weighted by atomic mass is 19.1. The molecular formula is C21H27FO3. The van der Waals surface area contributed by atoms with Crippen LogP contribution in [0.1, 0.15) is 52.4 Å². The van der Waals surface area contributed by atoms with Gasteiger partial charge in [-0.15, -0.1) is 0 Å². The summed E-state index contributed by atoms with van der Waals surface area (Å²) in [5.74, 6) is 1.16. The van der Waals surface area contributed by atoms with Gasteiger partial charge in [0.25, 0.3) is 0 Å². The first-order chi connectivity index (χ1) is 11.8. The van der Waals surface area contributed by atoms with Gasteiger partial charge in [-0.25, -0.2) is 4.39 Å². The number of hydrogen-bond donors (Lipinski definition) is 0. The van der Waals surface area contributed by atoms with Crippen LogP contribution in [0, 0.1) is 28.6 Å². The van der Waals surface area contributed by atoms with Gasteiger partial charge in [0, 0.05) is 22.8 Å². The molecule has 0 aromatic heterocycles. The Morgan fingerprint density at radius 1 is 1.12 bits per heavy atom. The van der Waals surface area contributed by atoms with Crippen molar-refractivity contribution < 1.29 is 18.7 Å². The topological polar surface area (TPSA) is 43.4 Å². The van der Waals surface area contributed by atoms with E-state index in [0.717, 1.165) is 31.3 Å². The van der Waals surface area contributed by atoms with E-state index in [1.807, 2.05) is 6.92 Å². The zero-order valence-corrected chi connectivity index (χ0v) is 15.4. The molecule has 0 amide bonds. The Morgan fingerprint density at radius 2 is 1.84 bits per heavy atom. The van der Waals surface area contributed by atoms with Crippen molar-refractivity contribution in [2.24, 2.45) is 28.6 Å². The molecule has 0 aliphatic heterocycles. The summed E-state index contributed by atoms with van der Waals surface area (Å²) in [6.45, 7) is 7.82. The molecule has 0 N–H and O–H groups in total. The van der Waals surface area contributed by atoms with Crippen LogP contribution in [0.25, 0.3) is 0 Å². The molecule has 25 heavy (non-hydrogen) atoms. The Balaban J connectivity index is 1.81. The van der Waals surface area contributed by atoms with Gasteiger partial charge in [0.2, 0.25) is 5.78 Å². The maximum absolute atomic E-state index is 15.5. The third-order valence-corrected chi connectivity index (χ3v) is 8.10. The van der Waals surface area contributed by atoms with Crippen LogP contribution in [0.5, 0.6) is 0 Å². The van der Waals surface area contributed by atoms with Gasteiger partial charge in [-0.2, -0.15) is 0 Å². The van der Waals surface area contributed by atoms with Crippen molar-refractivity contribution in [2.45, 2.75) is 58.5 Å². The Labute approximate surface area is 148 Å². The number of carbonyl (C=O) groups is 2. The van der Waals surface area contributed by atoms with Gasteiger partial charge >= 0.3 is 0 Å². The van der Waals surface area contributed by atoms with Crippen LogP contribution < -0.4 is 0 Å². The van der Waals surface area contributed by atoms with Crippen molar-refractivity contribution in [2.75, 3.05) is 7.11 Å². The van der Waals surface area contributed by atoms with Gasteiger partial charge in [-0.05, 0) is 55.4 Å². The van der Waals surface area contributed by atoms with Crippen LogP contribution >= 0.6 is 0 Å². The summed E-state index contributed by atoms with van der Waals surface area (Å²) in [7, 11) is 1.49. The molecule has 4 aliphatic carbocycles. The van der Waals surface area contributed by atoms with Crippen molar-refractivity contribution in [3.8, 4) is 0 Å². The Bertz CT molecular complexity index is 708. The third-order valence-electron chi connectivity index (χ3n) is 8.10. The molecule has 3 nitrogen and oxygen atoms in total. The molecule has 0 spiro atoms. The molecule has 6 atom stereocenters. The lowest BCUT2D eigenvalue weighted by molar-refractivity contribution is -0.133. The lowest BCUT2D eigenvalue weighted by atomic mass is 9.46. The highest BCUT2D eigenvalue weighted by Crippen LogP contribution is 2.65. The van der Waals surface area contributed by atoms with Gasteiger partial charge in [-0.1, -0.05) is 20.4 Å². The summed E-state index contributed by atoms with van der Waals surface area (Å²) in [6.07, 6.45) is 3.50. The van der Waals surface area contributed by atoms with Gasteiger partial charge < -0.3 is 4.74 Å². The van der Waals surface area contributed by atoms with E-state index < -0.39 is 11.6 Å². The van der Waals surface area contributed by atoms with E-state index in [1.54, 1.807) is 0 Å². The minimum atomic E-state index is -1.36. The first-order valence-corrected chi connectivity index (χ1v) is 9.45. The maximum Gasteiger partial charge on any atom is 0.225 e. The summed E-state index contributed by atoms with van der Waals surface area (Å²) in [6, 6.07) is 0. The van der Waals surface area contributed by atoms with Crippen LogP contribution in [-0.4, -0.2) is 24.8 Å². The third kappa shape index (κ3) is 1.91. The average molecular weight is 346 g/mol. The van der Waals surface area contributed by atoms with Crippen LogP contribution in [0.15, 0.2) is 23.5 Å². The predicted molar refractivity (Wildman–Crippen MR) is 92.5 cm³/mol. The second-order valence-corrected chi connectivity index (χ2v) is 8.84. The number of rotatable bonds is 1. The van der Waals surface area contributed by atoms with Crippen molar-refractivity contribution in [1.82, 2.24) is 0 Å². The molecule has 0 radical (unpaired) electrons. The molecule has 0 unspecified atom stereocenters. The van der Waals surface area contributed by atoms with Crippen LogP contribution in [0.3, 0.4) is 0 Å². The van der Waals surface area contributed by atoms with E-state index in [2.05, 4.69) is 13.5 Å². The van der Waals surface area contributed by atoms with Crippen LogP contribution in [-0.2, 0) is 14.3 Å². The SMILES string of the molecule is C=C1C(=O)C(OC)=C2CC[C@@H]3[C@H](CC[C@]4(C)C(=O)CC[C@@H]34)[C@@]2(C)[C@@H]1F. The largest absolute Gasteiger partial charge is 0.493 e. The average Bonchev–Trinajstić information content (AvgIpc) is 2.90. The van der Waals surface area contributed by atoms with E-state index in [1.165, 1.54) is 7.11 Å². The van der Waals surface area contributed by atoms with Crippen molar-refractivity contribution in [3.05, 3.63) is 23.5 Å². The van der Waals surface area contributed by atoms with Crippen molar-refractivity contribution in [1.29, 1.82) is 0 Å². The normalized spacial score (nSPS) is 46.6. The second-order valence-electron chi connectivity index (χ2n) is 8.84. The molecule has 0 aromatic rings. The Morgan fingerprint density at radius 3 is 2.52 bits per heavy atom. The molecule has 3 fully saturated rings. The fourth-order valence-electron chi connectivity index (χ4n) is 6.68. The smallest absolute Gasteiger partial charge is 0.225 e. The first kappa shape index (κ1) is 17.0. The molecule has 0 bridgehead atoms. The lowest BCUT2D eigenvalue weighted by Gasteiger charge is -2.57. The number of ketones is 2. The van der Waals surface area contributed by atoms with Crippen molar-refractivity contribution >= 4 is 11.6 Å². The molecule has 4 rings (SSSR count). The van der Waals surface area contributed by atoms with Gasteiger partial charge in [0.05, 0.1) is 7.11 Å². The number of alkyl halides is 1. The molecule has 0 aromatic carbocycles. The van der Waals surface area contributed by atoms with E-state index in [9.17, 15) is 9.59 Å². The highest BCUT2D eigenvalue weighted by Gasteiger charge is 2.63. The number of ether oxygens (including phenoxy) is 1. The summed E-state index contributed by atoms with van der Waals surface area (Å²) < 4.78 is 20.9. The number of carbonyl (C=O) groups excluding carboxylic acids is 2. The lowest BCUT2D eigenvalue weighted by Crippen LogP contribution is -2.55. The van der Waals surface area contributed by atoms with E-state index in [0.29, 0.717) is 36.2 Å². The van der Waals surface area contributed by atoms with Gasteiger partial charge in [0.1, 0.15) is 12.0 Å². The maximum atomic E-state index is 15.5. The first-order valence-electron chi connectivity index (χ1n) is 9.45. The Kier molecular flexibility index (Phi) is 3.59. The van der Waals surface area contributed by atoms with E-state index in [4.69, 9.17) is 4.74 Å². The number of allylic oxidation sites excluding steroid dienone is 1. The molecule has 3 saturated carbocycles. The number of methoxy groups -OCH3 is 1. The second kappa shape index (κ2) is 5.28. The van der Waals surface area contributed by atoms with Crippen LogP contribution in [0.2, 0.25) is 0 Å². The number of fused-ring (bicyclic) bond motifs is 5. The summed E-state index contributed by atoms with van der Waals surface area (Å²) >= 11 is 0. The minimum Gasteiger partial charge on any atom is -0.493 e. The molecule has 4 heteroatoms. The standard InChI is InChI=1S/C21H27FO3/c1-11-17(24)18(25-4)15-6-5-12-13-7-8-16(23)20(13,2)10-9-14(12)21(15,3)19(11)22/h12-14,19H,1,5-10H2,2-4H3/t12-,13-,14-,19+,20-,21+/m0/s1. The molecule has 136 valence electrons. The quantitative estimate of drug-likeness (QED) is 0.669. The number of hydrogen-bond acceptors (Lipinski definition) is 3. The minimum absolute atomic E-state index is 0.0274. The number of Topliss-reactive ketones (excluding diaryl/α,β-unsaturated/α-hetero) is 2. The fourth-order valence-corrected chi connectivity index (χ4v) is 6.68. The monoisotopic (exact) mass is 346 g/mol. The molecule has 4 aliphatic rings. The summed E-state index contributed by atoms with van der Waals surface area (Å²) in [4.78, 5) is 24.9.